The Bertz CT molecular complexity index is 242. The van der Waals surface area contributed by atoms with Crippen LogP contribution >= 0.6 is 24.4 Å². The molecule has 0 spiro atoms. The van der Waals surface area contributed by atoms with Gasteiger partial charge in [0.1, 0.15) is 0 Å². The van der Waals surface area contributed by atoms with Gasteiger partial charge in [-0.25, -0.2) is 0 Å². The maximum atomic E-state index is 11.1. The predicted molar refractivity (Wildman–Crippen MR) is 92.0 cm³/mol. The number of hydrogen-bond acceptors (Lipinski definition) is 3. The molecule has 0 amide bonds. The number of carbonyl (C=O) groups is 1. The summed E-state index contributed by atoms with van der Waals surface area (Å²) in [6, 6.07) is 0. The normalized spacial score (nSPS) is 10.7. The summed E-state index contributed by atoms with van der Waals surface area (Å²) in [6.45, 7) is 4.24. The zero-order valence-corrected chi connectivity index (χ0v) is 20.7. The fourth-order valence-electron chi connectivity index (χ4n) is 1.01. The van der Waals surface area contributed by atoms with Gasteiger partial charge in [-0.2, -0.15) is 12.6 Å². The largest absolute Gasteiger partial charge is 1.00 e. The van der Waals surface area contributed by atoms with Crippen molar-refractivity contribution in [2.75, 3.05) is 66.9 Å². The summed E-state index contributed by atoms with van der Waals surface area (Å²) in [4.78, 5) is 11.1. The van der Waals surface area contributed by atoms with Crippen LogP contribution in [0.1, 0.15) is 19.8 Å². The van der Waals surface area contributed by atoms with E-state index in [1.165, 1.54) is 11.8 Å². The summed E-state index contributed by atoms with van der Waals surface area (Å²) in [7, 11) is 12.9. The first-order valence-electron chi connectivity index (χ1n) is 6.89. The highest BCUT2D eigenvalue weighted by atomic mass is 127. The predicted octanol–water partition coefficient (Wildman–Crippen LogP) is -3.62. The van der Waals surface area contributed by atoms with Crippen LogP contribution in [0.15, 0.2) is 0 Å². The van der Waals surface area contributed by atoms with Crippen molar-refractivity contribution >= 4 is 29.5 Å². The third kappa shape index (κ3) is 34.2. The van der Waals surface area contributed by atoms with Gasteiger partial charge < -0.3 is 56.9 Å². The van der Waals surface area contributed by atoms with Crippen molar-refractivity contribution in [3.63, 3.8) is 0 Å². The lowest BCUT2D eigenvalue weighted by Crippen LogP contribution is -3.00. The Labute approximate surface area is 176 Å². The highest BCUT2D eigenvalue weighted by Crippen LogP contribution is 2.08. The van der Waals surface area contributed by atoms with Crippen molar-refractivity contribution in [2.24, 2.45) is 0 Å². The Morgan fingerprint density at radius 1 is 0.952 bits per heavy atom. The van der Waals surface area contributed by atoms with Crippen molar-refractivity contribution in [1.82, 2.24) is 0 Å². The SMILES string of the molecule is CCCC(=O)SCC[N+](C)(C)C.C[N+](C)(C)CCS.[I-].[I-]. The van der Waals surface area contributed by atoms with Crippen LogP contribution in [0.2, 0.25) is 0 Å². The maximum absolute atomic E-state index is 11.1. The molecule has 0 radical (unpaired) electrons. The van der Waals surface area contributed by atoms with Crippen LogP contribution in [0.4, 0.5) is 0 Å². The van der Waals surface area contributed by atoms with Gasteiger partial charge in [-0.1, -0.05) is 18.7 Å². The zero-order chi connectivity index (χ0) is 15.5. The van der Waals surface area contributed by atoms with Gasteiger partial charge in [0, 0.05) is 12.2 Å². The minimum Gasteiger partial charge on any atom is -1.00 e. The fraction of sp³-hybridized carbons (Fsp3) is 0.929. The summed E-state index contributed by atoms with van der Waals surface area (Å²) in [5, 5.41) is 0.339. The van der Waals surface area contributed by atoms with Crippen LogP contribution in [-0.4, -0.2) is 81.0 Å². The van der Waals surface area contributed by atoms with Crippen LogP contribution in [0.25, 0.3) is 0 Å². The minimum atomic E-state index is 0. The highest BCUT2D eigenvalue weighted by molar-refractivity contribution is 8.13. The molecular formula is C14H34I2N2OS2. The molecular weight excluding hydrogens is 530 g/mol. The monoisotopic (exact) mass is 564 g/mol. The van der Waals surface area contributed by atoms with E-state index < -0.39 is 0 Å². The van der Waals surface area contributed by atoms with Gasteiger partial charge in [0.15, 0.2) is 5.12 Å². The number of hydrogen-bond donors (Lipinski definition) is 1. The summed E-state index contributed by atoms with van der Waals surface area (Å²) in [5.74, 6) is 1.92. The number of thiol groups is 1. The van der Waals surface area contributed by atoms with Gasteiger partial charge in [0.05, 0.1) is 61.1 Å². The molecule has 132 valence electrons. The number of carbonyl (C=O) groups excluding carboxylic acids is 1. The second-order valence-electron chi connectivity index (χ2n) is 6.72. The average Bonchev–Trinajstić information content (AvgIpc) is 2.14. The summed E-state index contributed by atoms with van der Waals surface area (Å²) in [5.41, 5.74) is 0. The first-order chi connectivity index (χ1) is 8.52. The maximum Gasteiger partial charge on any atom is 0.189 e. The molecule has 0 saturated heterocycles. The molecule has 21 heavy (non-hydrogen) atoms. The Morgan fingerprint density at radius 2 is 1.38 bits per heavy atom. The highest BCUT2D eigenvalue weighted by Gasteiger charge is 2.08. The molecule has 0 fully saturated rings. The average molecular weight is 564 g/mol. The lowest BCUT2D eigenvalue weighted by molar-refractivity contribution is -0.867. The summed E-state index contributed by atoms with van der Waals surface area (Å²) >= 11 is 5.57. The molecule has 0 rings (SSSR count). The van der Waals surface area contributed by atoms with Gasteiger partial charge in [0.2, 0.25) is 0 Å². The number of rotatable bonds is 7. The summed E-state index contributed by atoms with van der Waals surface area (Å²) in [6.07, 6.45) is 1.69. The fourth-order valence-corrected chi connectivity index (χ4v) is 2.82. The molecule has 7 heteroatoms. The Kier molecular flexibility index (Phi) is 24.2. The van der Waals surface area contributed by atoms with Crippen molar-refractivity contribution in [2.45, 2.75) is 19.8 Å². The van der Waals surface area contributed by atoms with Gasteiger partial charge in [-0.15, -0.1) is 0 Å². The lowest BCUT2D eigenvalue weighted by Gasteiger charge is -2.23. The number of nitrogens with zero attached hydrogens (tertiary/aromatic N) is 2. The van der Waals surface area contributed by atoms with Crippen LogP contribution in [-0.2, 0) is 4.79 Å². The minimum absolute atomic E-state index is 0. The van der Waals surface area contributed by atoms with Crippen LogP contribution in [0, 0.1) is 0 Å². The first kappa shape index (κ1) is 30.6. The van der Waals surface area contributed by atoms with Gasteiger partial charge in [-0.3, -0.25) is 4.79 Å². The molecule has 0 aliphatic heterocycles. The van der Waals surface area contributed by atoms with Crippen molar-refractivity contribution in [3.8, 4) is 0 Å². The zero-order valence-electron chi connectivity index (χ0n) is 14.7. The van der Waals surface area contributed by atoms with E-state index in [9.17, 15) is 4.79 Å². The van der Waals surface area contributed by atoms with Gasteiger partial charge in [0.25, 0.3) is 0 Å². The second kappa shape index (κ2) is 16.6. The van der Waals surface area contributed by atoms with Gasteiger partial charge in [-0.05, 0) is 6.42 Å². The Morgan fingerprint density at radius 3 is 1.62 bits per heavy atom. The van der Waals surface area contributed by atoms with Crippen LogP contribution < -0.4 is 48.0 Å². The molecule has 0 heterocycles. The van der Waals surface area contributed by atoms with Gasteiger partial charge >= 0.3 is 0 Å². The van der Waals surface area contributed by atoms with E-state index in [4.69, 9.17) is 0 Å². The molecule has 0 aromatic carbocycles. The van der Waals surface area contributed by atoms with E-state index >= 15 is 0 Å². The van der Waals surface area contributed by atoms with E-state index in [-0.39, 0.29) is 48.0 Å². The van der Waals surface area contributed by atoms with Crippen LogP contribution in [0.3, 0.4) is 0 Å². The van der Waals surface area contributed by atoms with E-state index in [0.717, 1.165) is 46.4 Å². The molecule has 0 aliphatic carbocycles. The quantitative estimate of drug-likeness (QED) is 0.196. The number of quaternary nitrogens is 2. The van der Waals surface area contributed by atoms with E-state index in [1.807, 2.05) is 6.92 Å². The Balaban J connectivity index is -0.000000140. The molecule has 0 aromatic heterocycles. The van der Waals surface area contributed by atoms with E-state index in [2.05, 4.69) is 54.9 Å². The molecule has 0 aliphatic rings. The Hall–Kier alpha value is 1.75. The standard InChI is InChI=1S/C9H20NOS.C5H13NS.2HI/c1-5-6-9(11)12-8-7-10(2,3)4;1-6(2,3)4-5-7;;/h5-8H2,1-4H3;4-5H2,1-3H3;2*1H/q+1;;;/p-1. The van der Waals surface area contributed by atoms with Crippen molar-refractivity contribution in [1.29, 1.82) is 0 Å². The molecule has 0 aromatic rings. The third-order valence-corrected chi connectivity index (χ3v) is 3.36. The van der Waals surface area contributed by atoms with E-state index in [1.54, 1.807) is 0 Å². The second-order valence-corrected chi connectivity index (χ2v) is 8.32. The third-order valence-electron chi connectivity index (χ3n) is 2.25. The first-order valence-corrected chi connectivity index (χ1v) is 8.51. The molecule has 0 unspecified atom stereocenters. The van der Waals surface area contributed by atoms with E-state index in [0.29, 0.717) is 5.12 Å². The molecule has 0 atom stereocenters. The van der Waals surface area contributed by atoms with Crippen molar-refractivity contribution in [3.05, 3.63) is 0 Å². The summed E-state index contributed by atoms with van der Waals surface area (Å²) < 4.78 is 1.95. The lowest BCUT2D eigenvalue weighted by atomic mass is 10.4. The van der Waals surface area contributed by atoms with Crippen molar-refractivity contribution < 1.29 is 61.7 Å². The topological polar surface area (TPSA) is 17.1 Å². The molecule has 3 nitrogen and oxygen atoms in total. The smallest absolute Gasteiger partial charge is 0.189 e. The molecule has 0 saturated carbocycles. The number of thioether (sulfide) groups is 1. The number of halogens is 2. The molecule has 0 bridgehead atoms. The molecule has 0 N–H and O–H groups in total. The van der Waals surface area contributed by atoms with Crippen LogP contribution in [0.5, 0.6) is 0 Å².